The van der Waals surface area contributed by atoms with Crippen LogP contribution in [0.3, 0.4) is 0 Å². The number of carbonyl (C=O) groups is 1. The lowest BCUT2D eigenvalue weighted by atomic mass is 10.1. The van der Waals surface area contributed by atoms with Crippen molar-refractivity contribution < 1.29 is 9.53 Å². The van der Waals surface area contributed by atoms with Gasteiger partial charge in [0.2, 0.25) is 0 Å². The van der Waals surface area contributed by atoms with Gasteiger partial charge in [-0.15, -0.1) is 0 Å². The number of hydrogen-bond acceptors (Lipinski definition) is 4. The number of hydrogen-bond donors (Lipinski definition) is 1. The number of nitrogens with one attached hydrogen (secondary N) is 1. The Labute approximate surface area is 174 Å². The number of rotatable bonds is 8. The third-order valence-electron chi connectivity index (χ3n) is 5.22. The van der Waals surface area contributed by atoms with Crippen LogP contribution in [0.25, 0.3) is 0 Å². The topological polar surface area (TPSA) is 44.8 Å². The van der Waals surface area contributed by atoms with Crippen molar-refractivity contribution >= 4 is 17.5 Å². The first kappa shape index (κ1) is 21.2. The van der Waals surface area contributed by atoms with E-state index in [1.54, 1.807) is 0 Å². The van der Waals surface area contributed by atoms with E-state index in [4.69, 9.17) is 4.74 Å². The van der Waals surface area contributed by atoms with Gasteiger partial charge >= 0.3 is 6.09 Å². The summed E-state index contributed by atoms with van der Waals surface area (Å²) in [4.78, 5) is 12.1. The smallest absolute Gasteiger partial charge is 0.411 e. The molecule has 156 valence electrons. The maximum atomic E-state index is 12.1. The fourth-order valence-electron chi connectivity index (χ4n) is 3.53. The maximum absolute atomic E-state index is 12.1. The summed E-state index contributed by atoms with van der Waals surface area (Å²) in [5.41, 5.74) is 2.89. The van der Waals surface area contributed by atoms with Crippen molar-refractivity contribution in [3.05, 3.63) is 60.2 Å². The number of carbonyl (C=O) groups excluding carboxylic acids is 1. The van der Waals surface area contributed by atoms with Gasteiger partial charge in [-0.3, -0.25) is 5.32 Å². The van der Waals surface area contributed by atoms with E-state index in [-0.39, 0.29) is 6.61 Å². The molecule has 1 saturated heterocycles. The van der Waals surface area contributed by atoms with E-state index in [0.717, 1.165) is 37.3 Å². The fourth-order valence-corrected chi connectivity index (χ4v) is 3.53. The highest BCUT2D eigenvalue weighted by molar-refractivity contribution is 5.84. The second-order valence-electron chi connectivity index (χ2n) is 8.05. The van der Waals surface area contributed by atoms with Gasteiger partial charge in [0.05, 0.1) is 5.69 Å². The molecular weight excluding hydrogens is 362 g/mol. The van der Waals surface area contributed by atoms with Crippen molar-refractivity contribution in [1.82, 2.24) is 5.01 Å². The van der Waals surface area contributed by atoms with Crippen LogP contribution in [0.15, 0.2) is 54.6 Å². The lowest BCUT2D eigenvalue weighted by Gasteiger charge is -2.39. The molecule has 0 bridgehead atoms. The quantitative estimate of drug-likeness (QED) is 0.624. The van der Waals surface area contributed by atoms with Crippen LogP contribution in [0.2, 0.25) is 0 Å². The molecule has 0 aliphatic carbocycles. The third-order valence-corrected chi connectivity index (χ3v) is 5.22. The molecule has 1 aliphatic heterocycles. The van der Waals surface area contributed by atoms with Gasteiger partial charge in [-0.1, -0.05) is 50.6 Å². The van der Waals surface area contributed by atoms with E-state index in [1.165, 1.54) is 24.9 Å². The molecule has 2 aromatic carbocycles. The summed E-state index contributed by atoms with van der Waals surface area (Å²) in [6.07, 6.45) is 4.55. The van der Waals surface area contributed by atoms with Crippen molar-refractivity contribution in [1.29, 1.82) is 0 Å². The van der Waals surface area contributed by atoms with Gasteiger partial charge in [-0.2, -0.15) is 0 Å². The summed E-state index contributed by atoms with van der Waals surface area (Å²) in [6, 6.07) is 17.8. The first-order valence-electron chi connectivity index (χ1n) is 10.7. The average molecular weight is 396 g/mol. The molecule has 1 fully saturated rings. The van der Waals surface area contributed by atoms with Crippen LogP contribution in [0.4, 0.5) is 16.2 Å². The molecule has 0 spiro atoms. The molecule has 1 N–H and O–H groups in total. The Kier molecular flexibility index (Phi) is 7.94. The monoisotopic (exact) mass is 395 g/mol. The second kappa shape index (κ2) is 10.9. The molecule has 2 aromatic rings. The number of ether oxygens (including phenoxy) is 1. The van der Waals surface area contributed by atoms with Crippen LogP contribution >= 0.6 is 0 Å². The SMILES string of the molecule is CC(C)CCN(c1ccc(NC(=O)OCc2ccccc2)cc1)N1CCCCC1. The third kappa shape index (κ3) is 6.79. The lowest BCUT2D eigenvalue weighted by molar-refractivity contribution is 0.155. The predicted octanol–water partition coefficient (Wildman–Crippen LogP) is 5.69. The summed E-state index contributed by atoms with van der Waals surface area (Å²) in [5.74, 6) is 0.669. The van der Waals surface area contributed by atoms with Crippen LogP contribution in [-0.4, -0.2) is 30.7 Å². The summed E-state index contributed by atoms with van der Waals surface area (Å²) in [5, 5.41) is 7.70. The average Bonchev–Trinajstić information content (AvgIpc) is 2.75. The Morgan fingerprint density at radius 1 is 1.03 bits per heavy atom. The normalized spacial score (nSPS) is 14.6. The van der Waals surface area contributed by atoms with Crippen LogP contribution in [-0.2, 0) is 11.3 Å². The molecule has 1 amide bonds. The zero-order valence-electron chi connectivity index (χ0n) is 17.6. The number of piperidine rings is 1. The van der Waals surface area contributed by atoms with E-state index < -0.39 is 6.09 Å². The van der Waals surface area contributed by atoms with E-state index >= 15 is 0 Å². The number of hydrazine groups is 1. The molecule has 0 saturated carbocycles. The van der Waals surface area contributed by atoms with E-state index in [9.17, 15) is 4.79 Å². The van der Waals surface area contributed by atoms with E-state index in [0.29, 0.717) is 5.92 Å². The van der Waals surface area contributed by atoms with Crippen molar-refractivity contribution in [3.63, 3.8) is 0 Å². The van der Waals surface area contributed by atoms with E-state index in [2.05, 4.69) is 41.3 Å². The standard InChI is InChI=1S/C24H33N3O2/c1-20(2)15-18-27(26-16-7-4-8-17-26)23-13-11-22(12-14-23)25-24(28)29-19-21-9-5-3-6-10-21/h3,5-6,9-14,20H,4,7-8,15-19H2,1-2H3,(H,25,28). The molecule has 0 aromatic heterocycles. The van der Waals surface area contributed by atoms with Crippen LogP contribution in [0.5, 0.6) is 0 Å². The molecule has 5 heteroatoms. The largest absolute Gasteiger partial charge is 0.444 e. The Morgan fingerprint density at radius 2 is 1.72 bits per heavy atom. The Hall–Kier alpha value is -2.53. The van der Waals surface area contributed by atoms with Gasteiger partial charge in [0.25, 0.3) is 0 Å². The van der Waals surface area contributed by atoms with Gasteiger partial charge < -0.3 is 9.75 Å². The van der Waals surface area contributed by atoms with Gasteiger partial charge in [0.1, 0.15) is 6.61 Å². The molecule has 1 heterocycles. The van der Waals surface area contributed by atoms with Crippen molar-refractivity contribution in [2.75, 3.05) is 30.0 Å². The zero-order valence-corrected chi connectivity index (χ0v) is 17.6. The minimum absolute atomic E-state index is 0.267. The number of amides is 1. The second-order valence-corrected chi connectivity index (χ2v) is 8.05. The van der Waals surface area contributed by atoms with Gasteiger partial charge in [0.15, 0.2) is 0 Å². The number of benzene rings is 2. The van der Waals surface area contributed by atoms with Crippen LogP contribution < -0.4 is 10.3 Å². The predicted molar refractivity (Wildman–Crippen MR) is 119 cm³/mol. The van der Waals surface area contributed by atoms with Crippen LogP contribution in [0.1, 0.15) is 45.1 Å². The summed E-state index contributed by atoms with van der Waals surface area (Å²) >= 11 is 0. The van der Waals surface area contributed by atoms with Crippen molar-refractivity contribution in [3.8, 4) is 0 Å². The molecule has 3 rings (SSSR count). The zero-order chi connectivity index (χ0) is 20.5. The van der Waals surface area contributed by atoms with Crippen molar-refractivity contribution in [2.45, 2.75) is 46.1 Å². The highest BCUT2D eigenvalue weighted by Gasteiger charge is 2.19. The first-order chi connectivity index (χ1) is 14.1. The Bertz CT molecular complexity index is 740. The highest BCUT2D eigenvalue weighted by atomic mass is 16.5. The molecule has 29 heavy (non-hydrogen) atoms. The number of nitrogens with zero attached hydrogens (tertiary/aromatic N) is 2. The Morgan fingerprint density at radius 3 is 2.38 bits per heavy atom. The molecular formula is C24H33N3O2. The van der Waals surface area contributed by atoms with Gasteiger partial charge in [-0.25, -0.2) is 9.80 Å². The minimum Gasteiger partial charge on any atom is -0.444 e. The van der Waals surface area contributed by atoms with Gasteiger partial charge in [-0.05, 0) is 55.0 Å². The molecule has 0 radical (unpaired) electrons. The molecule has 1 aliphatic rings. The minimum atomic E-state index is -0.436. The lowest BCUT2D eigenvalue weighted by Crippen LogP contribution is -2.46. The summed E-state index contributed by atoms with van der Waals surface area (Å²) < 4.78 is 5.30. The fraction of sp³-hybridized carbons (Fsp3) is 0.458. The highest BCUT2D eigenvalue weighted by Crippen LogP contribution is 2.23. The molecule has 0 unspecified atom stereocenters. The van der Waals surface area contributed by atoms with E-state index in [1.807, 2.05) is 42.5 Å². The summed E-state index contributed by atoms with van der Waals surface area (Å²) in [7, 11) is 0. The summed E-state index contributed by atoms with van der Waals surface area (Å²) in [6.45, 7) is 8.05. The number of anilines is 2. The molecule has 0 atom stereocenters. The van der Waals surface area contributed by atoms with Gasteiger partial charge in [0, 0.05) is 25.3 Å². The van der Waals surface area contributed by atoms with Crippen LogP contribution in [0, 0.1) is 5.92 Å². The van der Waals surface area contributed by atoms with Crippen molar-refractivity contribution in [2.24, 2.45) is 5.92 Å². The molecule has 5 nitrogen and oxygen atoms in total. The Balaban J connectivity index is 1.58. The maximum Gasteiger partial charge on any atom is 0.411 e. The first-order valence-corrected chi connectivity index (χ1v) is 10.7.